The summed E-state index contributed by atoms with van der Waals surface area (Å²) in [5, 5.41) is 1.30. The predicted molar refractivity (Wildman–Crippen MR) is 162 cm³/mol. The number of H-pyrrole nitrogens is 1. The summed E-state index contributed by atoms with van der Waals surface area (Å²) in [4.78, 5) is 9.10. The van der Waals surface area contributed by atoms with E-state index in [0.717, 1.165) is 17.8 Å². The molecular weight excluding hydrogens is 468 g/mol. The van der Waals surface area contributed by atoms with Crippen LogP contribution in [0, 0.1) is 20.8 Å². The zero-order chi connectivity index (χ0) is 26.1. The topological polar surface area (TPSA) is 28.1 Å². The summed E-state index contributed by atoms with van der Waals surface area (Å²) >= 11 is 1.89. The molecule has 0 radical (unpaired) electrons. The first-order valence-electron chi connectivity index (χ1n) is 13.2. The van der Waals surface area contributed by atoms with E-state index in [2.05, 4.69) is 114 Å². The fourth-order valence-electron chi connectivity index (χ4n) is 5.71. The largest absolute Gasteiger partial charge is 0.353 e. The summed E-state index contributed by atoms with van der Waals surface area (Å²) in [5.41, 5.74) is 15.0. The van der Waals surface area contributed by atoms with E-state index in [0.29, 0.717) is 0 Å². The third kappa shape index (κ3) is 3.88. The van der Waals surface area contributed by atoms with Crippen LogP contribution >= 0.6 is 11.3 Å². The van der Waals surface area contributed by atoms with Gasteiger partial charge in [-0.15, -0.1) is 11.3 Å². The van der Waals surface area contributed by atoms with E-state index < -0.39 is 0 Å². The van der Waals surface area contributed by atoms with Gasteiger partial charge in [-0.3, -0.25) is 0 Å². The molecule has 0 fully saturated rings. The van der Waals surface area contributed by atoms with E-state index in [1.54, 1.807) is 0 Å². The number of fused-ring (bicyclic) bond motifs is 4. The molecule has 1 aliphatic rings. The number of nitrogens with zero attached hydrogens (tertiary/aromatic N) is 1. The van der Waals surface area contributed by atoms with Gasteiger partial charge in [0, 0.05) is 32.5 Å². The van der Waals surface area contributed by atoms with Crippen molar-refractivity contribution in [2.75, 3.05) is 0 Å². The highest BCUT2D eigenvalue weighted by atomic mass is 32.1. The second-order valence-electron chi connectivity index (χ2n) is 11.4. The molecule has 1 aliphatic heterocycles. The minimum Gasteiger partial charge on any atom is -0.353 e. The highest BCUT2D eigenvalue weighted by Crippen LogP contribution is 2.40. The molecule has 0 atom stereocenters. The molecule has 2 nitrogen and oxygen atoms in total. The van der Waals surface area contributed by atoms with Crippen molar-refractivity contribution in [1.82, 2.24) is 4.98 Å². The summed E-state index contributed by atoms with van der Waals surface area (Å²) in [7, 11) is 0. The second kappa shape index (κ2) is 8.56. The van der Waals surface area contributed by atoms with Gasteiger partial charge in [0.25, 0.3) is 0 Å². The van der Waals surface area contributed by atoms with Gasteiger partial charge >= 0.3 is 0 Å². The highest BCUT2D eigenvalue weighted by molar-refractivity contribution is 7.26. The second-order valence-corrected chi connectivity index (χ2v) is 12.5. The Labute approximate surface area is 223 Å². The smallest absolute Gasteiger partial charge is 0.0794 e. The van der Waals surface area contributed by atoms with Crippen molar-refractivity contribution in [2.45, 2.75) is 60.3 Å². The maximum atomic E-state index is 5.33. The minimum absolute atomic E-state index is 0.117. The Hall–Kier alpha value is -3.43. The van der Waals surface area contributed by atoms with Gasteiger partial charge in [0.05, 0.1) is 21.6 Å². The van der Waals surface area contributed by atoms with Crippen molar-refractivity contribution < 1.29 is 0 Å². The van der Waals surface area contributed by atoms with Crippen LogP contribution in [0.1, 0.15) is 77.9 Å². The summed E-state index contributed by atoms with van der Waals surface area (Å²) in [6, 6.07) is 20.1. The lowest BCUT2D eigenvalue weighted by Crippen LogP contribution is -2.14. The molecule has 186 valence electrons. The van der Waals surface area contributed by atoms with Gasteiger partial charge in [-0.2, -0.15) is 0 Å². The molecule has 5 aromatic rings. The molecule has 0 aliphatic carbocycles. The van der Waals surface area contributed by atoms with Crippen molar-refractivity contribution in [3.63, 3.8) is 0 Å². The van der Waals surface area contributed by atoms with Crippen LogP contribution < -0.4 is 0 Å². The summed E-state index contributed by atoms with van der Waals surface area (Å²) in [6.45, 7) is 15.7. The molecule has 3 aromatic carbocycles. The first kappa shape index (κ1) is 23.9. The van der Waals surface area contributed by atoms with Crippen molar-refractivity contribution in [2.24, 2.45) is 4.99 Å². The lowest BCUT2D eigenvalue weighted by molar-refractivity contribution is 0.589. The van der Waals surface area contributed by atoms with Crippen LogP contribution in [0.4, 0.5) is 0 Å². The van der Waals surface area contributed by atoms with Crippen LogP contribution in [0.5, 0.6) is 0 Å². The van der Waals surface area contributed by atoms with E-state index in [4.69, 9.17) is 4.99 Å². The number of rotatable bonds is 3. The molecule has 0 bridgehead atoms. The number of aromatic amines is 1. The summed E-state index contributed by atoms with van der Waals surface area (Å²) in [5.74, 6) is 0. The number of aromatic nitrogens is 1. The number of hydrogen-bond acceptors (Lipinski definition) is 2. The monoisotopic (exact) mass is 502 g/mol. The molecule has 0 amide bonds. The third-order valence-electron chi connectivity index (χ3n) is 7.66. The average Bonchev–Trinajstić information content (AvgIpc) is 3.48. The quantitative estimate of drug-likeness (QED) is 0.254. The van der Waals surface area contributed by atoms with Crippen molar-refractivity contribution in [3.05, 3.63) is 105 Å². The Morgan fingerprint density at radius 3 is 2.35 bits per heavy atom. The van der Waals surface area contributed by atoms with Crippen molar-refractivity contribution in [1.29, 1.82) is 0 Å². The lowest BCUT2D eigenvalue weighted by Gasteiger charge is -2.22. The maximum Gasteiger partial charge on any atom is 0.0794 e. The number of aliphatic imine (C=N–C) groups is 1. The zero-order valence-corrected chi connectivity index (χ0v) is 23.7. The van der Waals surface area contributed by atoms with Gasteiger partial charge in [0.2, 0.25) is 0 Å². The molecule has 0 unspecified atom stereocenters. The number of hydrogen-bond donors (Lipinski definition) is 1. The Morgan fingerprint density at radius 1 is 0.919 bits per heavy atom. The zero-order valence-electron chi connectivity index (χ0n) is 22.8. The SMILES string of the molecule is CCc1c(C=C2N=C(c3c(C)cc(C(C)(C)C)cc3C)c3cc(C)ccc32)[nH]c2c1sc1ccccc12. The predicted octanol–water partition coefficient (Wildman–Crippen LogP) is 9.52. The average molecular weight is 503 g/mol. The highest BCUT2D eigenvalue weighted by Gasteiger charge is 2.26. The van der Waals surface area contributed by atoms with Crippen LogP contribution in [0.25, 0.3) is 32.1 Å². The molecule has 0 saturated heterocycles. The van der Waals surface area contributed by atoms with Crippen LogP contribution in [-0.4, -0.2) is 10.7 Å². The molecule has 37 heavy (non-hydrogen) atoms. The number of benzene rings is 3. The van der Waals surface area contributed by atoms with E-state index in [1.165, 1.54) is 70.5 Å². The molecule has 0 spiro atoms. The van der Waals surface area contributed by atoms with Crippen LogP contribution in [-0.2, 0) is 11.8 Å². The Balaban J connectivity index is 1.55. The molecule has 1 N–H and O–H groups in total. The number of nitrogens with one attached hydrogen (secondary N) is 1. The molecule has 3 heteroatoms. The Bertz CT molecular complexity index is 1740. The third-order valence-corrected chi connectivity index (χ3v) is 8.89. The maximum absolute atomic E-state index is 5.33. The van der Waals surface area contributed by atoms with E-state index in [9.17, 15) is 0 Å². The first-order chi connectivity index (χ1) is 17.7. The summed E-state index contributed by atoms with van der Waals surface area (Å²) in [6.07, 6.45) is 3.26. The Morgan fingerprint density at radius 2 is 1.65 bits per heavy atom. The van der Waals surface area contributed by atoms with Gasteiger partial charge in [0.15, 0.2) is 0 Å². The number of thiophene rings is 1. The fourth-order valence-corrected chi connectivity index (χ4v) is 7.00. The Kier molecular flexibility index (Phi) is 5.54. The van der Waals surface area contributed by atoms with Crippen molar-refractivity contribution >= 4 is 49.1 Å². The van der Waals surface area contributed by atoms with E-state index >= 15 is 0 Å². The van der Waals surface area contributed by atoms with Gasteiger partial charge in [0.1, 0.15) is 0 Å². The van der Waals surface area contributed by atoms with Crippen LogP contribution in [0.3, 0.4) is 0 Å². The first-order valence-corrected chi connectivity index (χ1v) is 14.0. The van der Waals surface area contributed by atoms with Crippen LogP contribution in [0.2, 0.25) is 0 Å². The fraction of sp³-hybridized carbons (Fsp3) is 0.265. The van der Waals surface area contributed by atoms with Gasteiger partial charge < -0.3 is 4.98 Å². The van der Waals surface area contributed by atoms with Gasteiger partial charge in [-0.05, 0) is 73.1 Å². The summed E-state index contributed by atoms with van der Waals surface area (Å²) < 4.78 is 2.70. The molecular formula is C34H34N2S. The van der Waals surface area contributed by atoms with Crippen LogP contribution in [0.15, 0.2) is 59.6 Å². The molecule has 6 rings (SSSR count). The van der Waals surface area contributed by atoms with E-state index in [1.807, 2.05) is 11.3 Å². The van der Waals surface area contributed by atoms with E-state index in [-0.39, 0.29) is 5.41 Å². The minimum atomic E-state index is 0.117. The molecule has 3 heterocycles. The van der Waals surface area contributed by atoms with Gasteiger partial charge in [-0.1, -0.05) is 75.7 Å². The molecule has 2 aromatic heterocycles. The standard InChI is InChI=1S/C34H34N2S/c1-8-23-27(36-32-25-11-9-10-12-29(25)37-33(23)32)18-28-24-14-13-19(2)15-26(24)31(35-28)30-20(3)16-22(17-21(30)4)34(5,6)7/h9-18,36H,8H2,1-7H3. The lowest BCUT2D eigenvalue weighted by atomic mass is 9.82. The number of aryl methyl sites for hydroxylation is 4. The van der Waals surface area contributed by atoms with Gasteiger partial charge in [-0.25, -0.2) is 4.99 Å². The normalized spacial score (nSPS) is 14.7. The van der Waals surface area contributed by atoms with Crippen molar-refractivity contribution in [3.8, 4) is 0 Å². The molecule has 0 saturated carbocycles.